The van der Waals surface area contributed by atoms with E-state index >= 15 is 0 Å². The minimum atomic E-state index is -0.801. The third kappa shape index (κ3) is 3.19. The molecule has 0 spiro atoms. The SMILES string of the molecule is O=C(O)CCC1CC(c2ccc(F)c(Cl)c2)NN1. The number of aliphatic carboxylic acids is 1. The van der Waals surface area contributed by atoms with Gasteiger partial charge in [-0.15, -0.1) is 0 Å². The van der Waals surface area contributed by atoms with Crippen molar-refractivity contribution in [1.82, 2.24) is 10.9 Å². The number of hydrazine groups is 1. The fourth-order valence-corrected chi connectivity index (χ4v) is 2.25. The van der Waals surface area contributed by atoms with Crippen molar-refractivity contribution in [2.45, 2.75) is 31.3 Å². The number of nitrogens with one attached hydrogen (secondary N) is 2. The third-order valence-corrected chi connectivity index (χ3v) is 3.32. The second kappa shape index (κ2) is 5.65. The maximum Gasteiger partial charge on any atom is 0.303 e. The molecule has 0 amide bonds. The van der Waals surface area contributed by atoms with Gasteiger partial charge in [-0.05, 0) is 30.5 Å². The fraction of sp³-hybridized carbons (Fsp3) is 0.417. The highest BCUT2D eigenvalue weighted by Gasteiger charge is 2.25. The quantitative estimate of drug-likeness (QED) is 0.787. The maximum atomic E-state index is 13.0. The van der Waals surface area contributed by atoms with E-state index in [-0.39, 0.29) is 23.5 Å². The van der Waals surface area contributed by atoms with E-state index in [0.29, 0.717) is 6.42 Å². The predicted octanol–water partition coefficient (Wildman–Crippen LogP) is 2.25. The molecule has 1 fully saturated rings. The summed E-state index contributed by atoms with van der Waals surface area (Å²) < 4.78 is 13.0. The number of hydrogen-bond acceptors (Lipinski definition) is 3. The Hall–Kier alpha value is -1.17. The van der Waals surface area contributed by atoms with E-state index in [2.05, 4.69) is 10.9 Å². The van der Waals surface area contributed by atoms with Crippen LogP contribution in [0, 0.1) is 5.82 Å². The van der Waals surface area contributed by atoms with Crippen molar-refractivity contribution in [3.63, 3.8) is 0 Å². The Kier molecular flexibility index (Phi) is 4.16. The molecule has 2 atom stereocenters. The minimum absolute atomic E-state index is 0.0295. The van der Waals surface area contributed by atoms with Crippen molar-refractivity contribution < 1.29 is 14.3 Å². The lowest BCUT2D eigenvalue weighted by molar-refractivity contribution is -0.137. The van der Waals surface area contributed by atoms with Crippen LogP contribution < -0.4 is 10.9 Å². The second-order valence-electron chi connectivity index (χ2n) is 4.38. The first-order valence-electron chi connectivity index (χ1n) is 5.74. The first-order valence-corrected chi connectivity index (χ1v) is 6.12. The van der Waals surface area contributed by atoms with Crippen molar-refractivity contribution in [3.8, 4) is 0 Å². The largest absolute Gasteiger partial charge is 0.481 e. The van der Waals surface area contributed by atoms with Gasteiger partial charge in [0.25, 0.3) is 0 Å². The average molecular weight is 273 g/mol. The van der Waals surface area contributed by atoms with Crippen LogP contribution in [0.15, 0.2) is 18.2 Å². The molecule has 98 valence electrons. The molecule has 0 aromatic heterocycles. The molecule has 1 saturated heterocycles. The molecule has 1 aromatic rings. The maximum absolute atomic E-state index is 13.0. The van der Waals surface area contributed by atoms with E-state index in [1.54, 1.807) is 12.1 Å². The van der Waals surface area contributed by atoms with Crippen molar-refractivity contribution in [3.05, 3.63) is 34.6 Å². The summed E-state index contributed by atoms with van der Waals surface area (Å²) in [6, 6.07) is 4.75. The summed E-state index contributed by atoms with van der Waals surface area (Å²) in [5.74, 6) is -1.24. The van der Waals surface area contributed by atoms with Crippen molar-refractivity contribution in [2.75, 3.05) is 0 Å². The summed E-state index contributed by atoms with van der Waals surface area (Å²) >= 11 is 5.73. The van der Waals surface area contributed by atoms with Crippen molar-refractivity contribution >= 4 is 17.6 Å². The normalized spacial score (nSPS) is 23.2. The molecule has 4 nitrogen and oxygen atoms in total. The van der Waals surface area contributed by atoms with Gasteiger partial charge in [0.15, 0.2) is 0 Å². The molecule has 1 aromatic carbocycles. The van der Waals surface area contributed by atoms with Crippen molar-refractivity contribution in [2.24, 2.45) is 0 Å². The van der Waals surface area contributed by atoms with Crippen LogP contribution in [0.2, 0.25) is 5.02 Å². The highest BCUT2D eigenvalue weighted by molar-refractivity contribution is 6.30. The van der Waals surface area contributed by atoms with Gasteiger partial charge in [-0.1, -0.05) is 17.7 Å². The lowest BCUT2D eigenvalue weighted by Gasteiger charge is -2.10. The Morgan fingerprint density at radius 2 is 2.28 bits per heavy atom. The smallest absolute Gasteiger partial charge is 0.303 e. The van der Waals surface area contributed by atoms with Gasteiger partial charge in [0, 0.05) is 18.5 Å². The fourth-order valence-electron chi connectivity index (χ4n) is 2.06. The molecule has 6 heteroatoms. The zero-order valence-corrected chi connectivity index (χ0v) is 10.4. The first kappa shape index (κ1) is 13.3. The topological polar surface area (TPSA) is 61.4 Å². The average Bonchev–Trinajstić information content (AvgIpc) is 2.79. The molecule has 2 rings (SSSR count). The number of carboxylic acids is 1. The summed E-state index contributed by atoms with van der Waals surface area (Å²) in [5, 5.41) is 8.72. The van der Waals surface area contributed by atoms with Gasteiger partial charge in [-0.3, -0.25) is 15.6 Å². The Bertz CT molecular complexity index is 456. The van der Waals surface area contributed by atoms with Gasteiger partial charge in [0.1, 0.15) is 5.82 Å². The minimum Gasteiger partial charge on any atom is -0.481 e. The van der Waals surface area contributed by atoms with Crippen LogP contribution in [0.4, 0.5) is 4.39 Å². The molecule has 3 N–H and O–H groups in total. The monoisotopic (exact) mass is 272 g/mol. The second-order valence-corrected chi connectivity index (χ2v) is 4.79. The number of rotatable bonds is 4. The predicted molar refractivity (Wildman–Crippen MR) is 65.7 cm³/mol. The number of hydrogen-bond donors (Lipinski definition) is 3. The van der Waals surface area contributed by atoms with Gasteiger partial charge in [0.05, 0.1) is 5.02 Å². The molecule has 1 heterocycles. The lowest BCUT2D eigenvalue weighted by Crippen LogP contribution is -2.31. The number of benzene rings is 1. The molecular formula is C12H14ClFN2O2. The summed E-state index contributed by atoms with van der Waals surface area (Å²) in [6.07, 6.45) is 1.46. The van der Waals surface area contributed by atoms with Gasteiger partial charge < -0.3 is 5.11 Å². The van der Waals surface area contributed by atoms with E-state index in [1.165, 1.54) is 6.07 Å². The van der Waals surface area contributed by atoms with Gasteiger partial charge in [-0.2, -0.15) is 0 Å². The zero-order valence-electron chi connectivity index (χ0n) is 9.62. The zero-order chi connectivity index (χ0) is 13.1. The summed E-state index contributed by atoms with van der Waals surface area (Å²) in [5.41, 5.74) is 7.01. The van der Waals surface area contributed by atoms with Gasteiger partial charge in [0.2, 0.25) is 0 Å². The summed E-state index contributed by atoms with van der Waals surface area (Å²) in [4.78, 5) is 10.5. The lowest BCUT2D eigenvalue weighted by atomic mass is 10.00. The van der Waals surface area contributed by atoms with Crippen LogP contribution in [-0.2, 0) is 4.79 Å². The molecule has 0 radical (unpaired) electrons. The molecular weight excluding hydrogens is 259 g/mol. The van der Waals surface area contributed by atoms with Crippen LogP contribution in [0.5, 0.6) is 0 Å². The molecule has 1 aliphatic rings. The molecule has 0 bridgehead atoms. The van der Waals surface area contributed by atoms with E-state index in [0.717, 1.165) is 12.0 Å². The van der Waals surface area contributed by atoms with E-state index in [9.17, 15) is 9.18 Å². The number of carbonyl (C=O) groups is 1. The molecule has 2 unspecified atom stereocenters. The van der Waals surface area contributed by atoms with E-state index in [1.807, 2.05) is 0 Å². The Morgan fingerprint density at radius 3 is 2.94 bits per heavy atom. The number of halogens is 2. The first-order chi connectivity index (χ1) is 8.56. The van der Waals surface area contributed by atoms with Crippen LogP contribution >= 0.6 is 11.6 Å². The van der Waals surface area contributed by atoms with E-state index in [4.69, 9.17) is 16.7 Å². The van der Waals surface area contributed by atoms with Crippen LogP contribution in [0.3, 0.4) is 0 Å². The van der Waals surface area contributed by atoms with Crippen molar-refractivity contribution in [1.29, 1.82) is 0 Å². The summed E-state index contributed by atoms with van der Waals surface area (Å²) in [6.45, 7) is 0. The standard InChI is InChI=1S/C12H14ClFN2O2/c13-9-5-7(1-3-10(9)14)11-6-8(15-16-11)2-4-12(17)18/h1,3,5,8,11,15-16H,2,4,6H2,(H,17,18). The van der Waals surface area contributed by atoms with Gasteiger partial charge in [-0.25, -0.2) is 4.39 Å². The summed E-state index contributed by atoms with van der Waals surface area (Å²) in [7, 11) is 0. The molecule has 1 aliphatic heterocycles. The van der Waals surface area contributed by atoms with E-state index < -0.39 is 11.8 Å². The third-order valence-electron chi connectivity index (χ3n) is 3.03. The number of carboxylic acid groups (broad SMARTS) is 1. The van der Waals surface area contributed by atoms with Gasteiger partial charge >= 0.3 is 5.97 Å². The van der Waals surface area contributed by atoms with Crippen LogP contribution in [0.1, 0.15) is 30.9 Å². The van der Waals surface area contributed by atoms with Crippen LogP contribution in [0.25, 0.3) is 0 Å². The van der Waals surface area contributed by atoms with Crippen LogP contribution in [-0.4, -0.2) is 17.1 Å². The molecule has 18 heavy (non-hydrogen) atoms. The Balaban J connectivity index is 1.95. The highest BCUT2D eigenvalue weighted by atomic mass is 35.5. The molecule has 0 aliphatic carbocycles. The Morgan fingerprint density at radius 1 is 1.50 bits per heavy atom. The molecule has 0 saturated carbocycles. The Labute approximate surface area is 109 Å². The highest BCUT2D eigenvalue weighted by Crippen LogP contribution is 2.27.